The van der Waals surface area contributed by atoms with Crippen LogP contribution in [0.2, 0.25) is 0 Å². The molecule has 1 amide bonds. The van der Waals surface area contributed by atoms with E-state index >= 15 is 0 Å². The summed E-state index contributed by atoms with van der Waals surface area (Å²) in [4.78, 5) is 27.7. The zero-order valence-electron chi connectivity index (χ0n) is 11.9. The van der Waals surface area contributed by atoms with E-state index in [0.717, 1.165) is 11.6 Å². The number of nitrogens with zero attached hydrogens (tertiary/aromatic N) is 1. The van der Waals surface area contributed by atoms with Crippen molar-refractivity contribution in [1.82, 2.24) is 4.98 Å². The van der Waals surface area contributed by atoms with Crippen LogP contribution in [0.1, 0.15) is 17.5 Å². The third-order valence-electron chi connectivity index (χ3n) is 3.61. The van der Waals surface area contributed by atoms with Crippen LogP contribution in [-0.4, -0.2) is 22.7 Å². The fourth-order valence-corrected chi connectivity index (χ4v) is 2.54. The average molecular weight is 300 g/mol. The van der Waals surface area contributed by atoms with Crippen molar-refractivity contribution in [3.8, 4) is 5.75 Å². The SMILES string of the molecule is O=C(OCc1ccccc1)N1CCCc2c(O)cc(=O)[nH]c21. The van der Waals surface area contributed by atoms with Crippen molar-refractivity contribution < 1.29 is 14.6 Å². The molecule has 6 heteroatoms. The Hall–Kier alpha value is -2.76. The quantitative estimate of drug-likeness (QED) is 0.890. The summed E-state index contributed by atoms with van der Waals surface area (Å²) in [6.07, 6.45) is 0.777. The molecule has 1 aliphatic heterocycles. The van der Waals surface area contributed by atoms with E-state index in [4.69, 9.17) is 4.74 Å². The number of ether oxygens (including phenoxy) is 1. The van der Waals surface area contributed by atoms with Gasteiger partial charge in [0, 0.05) is 18.2 Å². The van der Waals surface area contributed by atoms with Gasteiger partial charge in [-0.3, -0.25) is 9.69 Å². The number of hydrogen-bond donors (Lipinski definition) is 2. The molecule has 0 bridgehead atoms. The monoisotopic (exact) mass is 300 g/mol. The molecule has 114 valence electrons. The molecule has 2 aromatic rings. The molecule has 0 atom stereocenters. The van der Waals surface area contributed by atoms with Gasteiger partial charge in [0.1, 0.15) is 18.2 Å². The molecule has 0 unspecified atom stereocenters. The summed E-state index contributed by atoms with van der Waals surface area (Å²) in [7, 11) is 0. The fourth-order valence-electron chi connectivity index (χ4n) is 2.54. The number of carbonyl (C=O) groups is 1. The summed E-state index contributed by atoms with van der Waals surface area (Å²) >= 11 is 0. The number of rotatable bonds is 2. The largest absolute Gasteiger partial charge is 0.507 e. The number of aromatic amines is 1. The van der Waals surface area contributed by atoms with Gasteiger partial charge in [0.15, 0.2) is 0 Å². The number of hydrogen-bond acceptors (Lipinski definition) is 4. The molecule has 0 fully saturated rings. The molecule has 2 heterocycles. The van der Waals surface area contributed by atoms with Gasteiger partial charge >= 0.3 is 6.09 Å². The Morgan fingerprint density at radius 2 is 2.09 bits per heavy atom. The van der Waals surface area contributed by atoms with Crippen LogP contribution >= 0.6 is 0 Å². The van der Waals surface area contributed by atoms with Gasteiger partial charge in [-0.05, 0) is 18.4 Å². The smallest absolute Gasteiger partial charge is 0.415 e. The van der Waals surface area contributed by atoms with Crippen LogP contribution in [0.5, 0.6) is 5.75 Å². The molecule has 1 aromatic heterocycles. The lowest BCUT2D eigenvalue weighted by atomic mass is 10.1. The molecule has 22 heavy (non-hydrogen) atoms. The summed E-state index contributed by atoms with van der Waals surface area (Å²) < 4.78 is 5.29. The Morgan fingerprint density at radius 3 is 2.86 bits per heavy atom. The maximum absolute atomic E-state index is 12.3. The summed E-state index contributed by atoms with van der Waals surface area (Å²) in [5.41, 5.74) is 1.01. The van der Waals surface area contributed by atoms with Crippen molar-refractivity contribution in [1.29, 1.82) is 0 Å². The number of H-pyrrole nitrogens is 1. The minimum Gasteiger partial charge on any atom is -0.507 e. The molecule has 0 saturated carbocycles. The highest BCUT2D eigenvalue weighted by molar-refractivity contribution is 5.88. The lowest BCUT2D eigenvalue weighted by Crippen LogP contribution is -2.37. The van der Waals surface area contributed by atoms with Crippen LogP contribution in [0.25, 0.3) is 0 Å². The Morgan fingerprint density at radius 1 is 1.32 bits per heavy atom. The summed E-state index contributed by atoms with van der Waals surface area (Å²) in [6.45, 7) is 0.606. The van der Waals surface area contributed by atoms with Gasteiger partial charge in [-0.25, -0.2) is 4.79 Å². The van der Waals surface area contributed by atoms with E-state index in [1.165, 1.54) is 4.90 Å². The first kappa shape index (κ1) is 14.2. The number of nitrogens with one attached hydrogen (secondary N) is 1. The maximum Gasteiger partial charge on any atom is 0.415 e. The predicted molar refractivity (Wildman–Crippen MR) is 81.0 cm³/mol. The maximum atomic E-state index is 12.3. The minimum absolute atomic E-state index is 0.0840. The number of amides is 1. The third-order valence-corrected chi connectivity index (χ3v) is 3.61. The van der Waals surface area contributed by atoms with E-state index in [1.807, 2.05) is 30.3 Å². The second kappa shape index (κ2) is 5.93. The number of fused-ring (bicyclic) bond motifs is 1. The Bertz CT molecular complexity index is 740. The van der Waals surface area contributed by atoms with Gasteiger partial charge in [-0.1, -0.05) is 30.3 Å². The lowest BCUT2D eigenvalue weighted by molar-refractivity contribution is 0.146. The van der Waals surface area contributed by atoms with Crippen molar-refractivity contribution in [2.75, 3.05) is 11.4 Å². The van der Waals surface area contributed by atoms with E-state index in [-0.39, 0.29) is 12.4 Å². The van der Waals surface area contributed by atoms with E-state index in [2.05, 4.69) is 4.98 Å². The van der Waals surface area contributed by atoms with E-state index < -0.39 is 11.7 Å². The molecule has 1 aromatic carbocycles. The van der Waals surface area contributed by atoms with Gasteiger partial charge < -0.3 is 14.8 Å². The zero-order chi connectivity index (χ0) is 15.5. The highest BCUT2D eigenvalue weighted by atomic mass is 16.6. The molecule has 2 N–H and O–H groups in total. The van der Waals surface area contributed by atoms with E-state index in [9.17, 15) is 14.7 Å². The highest BCUT2D eigenvalue weighted by Gasteiger charge is 2.26. The van der Waals surface area contributed by atoms with Crippen LogP contribution in [0.3, 0.4) is 0 Å². The summed E-state index contributed by atoms with van der Waals surface area (Å²) in [5.74, 6) is 0.244. The minimum atomic E-state index is -0.536. The van der Waals surface area contributed by atoms with Crippen LogP contribution in [0.4, 0.5) is 10.6 Å². The number of pyridine rings is 1. The molecule has 1 aliphatic rings. The first-order valence-electron chi connectivity index (χ1n) is 7.08. The molecule has 0 spiro atoms. The van der Waals surface area contributed by atoms with Crippen LogP contribution in [0.15, 0.2) is 41.2 Å². The number of anilines is 1. The second-order valence-corrected chi connectivity index (χ2v) is 5.14. The molecule has 0 saturated heterocycles. The van der Waals surface area contributed by atoms with Crippen LogP contribution < -0.4 is 10.5 Å². The van der Waals surface area contributed by atoms with Gasteiger partial charge in [-0.15, -0.1) is 0 Å². The van der Waals surface area contributed by atoms with Gasteiger partial charge in [0.25, 0.3) is 5.56 Å². The lowest BCUT2D eigenvalue weighted by Gasteiger charge is -2.28. The molecular weight excluding hydrogens is 284 g/mol. The van der Waals surface area contributed by atoms with Gasteiger partial charge in [0.2, 0.25) is 0 Å². The standard InChI is InChI=1S/C16H16N2O4/c19-13-9-14(20)17-15-12(13)7-4-8-18(15)16(21)22-10-11-5-2-1-3-6-11/h1-3,5-6,9H,4,7-8,10H2,(H2,17,19,20). The number of carbonyl (C=O) groups excluding carboxylic acids is 1. The Kier molecular flexibility index (Phi) is 3.82. The molecule has 0 radical (unpaired) electrons. The van der Waals surface area contributed by atoms with E-state index in [1.54, 1.807) is 0 Å². The zero-order valence-corrected chi connectivity index (χ0v) is 11.9. The summed E-state index contributed by atoms with van der Waals surface area (Å²) in [6, 6.07) is 10.5. The van der Waals surface area contributed by atoms with Crippen molar-refractivity contribution in [2.45, 2.75) is 19.4 Å². The third kappa shape index (κ3) is 2.81. The topological polar surface area (TPSA) is 82.6 Å². The molecule has 0 aliphatic carbocycles. The number of benzene rings is 1. The molecule has 6 nitrogen and oxygen atoms in total. The van der Waals surface area contributed by atoms with Gasteiger partial charge in [-0.2, -0.15) is 0 Å². The first-order valence-corrected chi connectivity index (χ1v) is 7.08. The van der Waals surface area contributed by atoms with E-state index in [0.29, 0.717) is 30.8 Å². The Balaban J connectivity index is 1.79. The van der Waals surface area contributed by atoms with Crippen LogP contribution in [-0.2, 0) is 17.8 Å². The van der Waals surface area contributed by atoms with Crippen molar-refractivity contribution >= 4 is 11.9 Å². The Labute approximate surface area is 127 Å². The number of aromatic nitrogens is 1. The molecule has 3 rings (SSSR count). The number of aromatic hydroxyl groups is 1. The van der Waals surface area contributed by atoms with Crippen molar-refractivity contribution in [3.63, 3.8) is 0 Å². The highest BCUT2D eigenvalue weighted by Crippen LogP contribution is 2.30. The van der Waals surface area contributed by atoms with Crippen LogP contribution in [0, 0.1) is 0 Å². The first-order chi connectivity index (χ1) is 10.6. The molecular formula is C16H16N2O4. The second-order valence-electron chi connectivity index (χ2n) is 5.14. The predicted octanol–water partition coefficient (Wildman–Crippen LogP) is 2.17. The average Bonchev–Trinajstić information content (AvgIpc) is 2.53. The summed E-state index contributed by atoms with van der Waals surface area (Å²) in [5, 5.41) is 9.85. The normalized spacial score (nSPS) is 13.5. The van der Waals surface area contributed by atoms with Crippen molar-refractivity contribution in [3.05, 3.63) is 57.9 Å². The van der Waals surface area contributed by atoms with Crippen molar-refractivity contribution in [2.24, 2.45) is 0 Å². The fraction of sp³-hybridized carbons (Fsp3) is 0.250. The van der Waals surface area contributed by atoms with Gasteiger partial charge in [0.05, 0.1) is 0 Å².